The highest BCUT2D eigenvalue weighted by Crippen LogP contribution is 2.26. The molecule has 0 radical (unpaired) electrons. The van der Waals surface area contributed by atoms with E-state index in [-0.39, 0.29) is 18.6 Å². The fourth-order valence-corrected chi connectivity index (χ4v) is 2.56. The Morgan fingerprint density at radius 1 is 1.53 bits per heavy atom. The van der Waals surface area contributed by atoms with Crippen LogP contribution in [0.1, 0.15) is 23.2 Å². The molecule has 0 unspecified atom stereocenters. The molecule has 2 rings (SSSR count). The molecule has 1 atom stereocenters. The molecule has 1 aliphatic heterocycles. The van der Waals surface area contributed by atoms with Crippen LogP contribution in [0.2, 0.25) is 0 Å². The average Bonchev–Trinajstić information content (AvgIpc) is 2.85. The minimum atomic E-state index is -0.0658. The van der Waals surface area contributed by atoms with Crippen LogP contribution < -0.4 is 10.6 Å². The number of rotatable bonds is 3. The van der Waals surface area contributed by atoms with Crippen molar-refractivity contribution >= 4 is 17.3 Å². The monoisotopic (exact) mass is 263 g/mol. The maximum atomic E-state index is 12.6. The number of anilines is 2. The van der Waals surface area contributed by atoms with Crippen LogP contribution in [0.4, 0.5) is 11.4 Å². The summed E-state index contributed by atoms with van der Waals surface area (Å²) in [5.74, 6) is -0.0486. The van der Waals surface area contributed by atoms with Gasteiger partial charge in [-0.1, -0.05) is 0 Å². The zero-order valence-corrected chi connectivity index (χ0v) is 11.5. The molecule has 104 valence electrons. The van der Waals surface area contributed by atoms with Gasteiger partial charge in [0.05, 0.1) is 18.2 Å². The van der Waals surface area contributed by atoms with E-state index in [0.29, 0.717) is 17.8 Å². The van der Waals surface area contributed by atoms with Gasteiger partial charge in [-0.25, -0.2) is 0 Å². The quantitative estimate of drug-likeness (QED) is 0.796. The summed E-state index contributed by atoms with van der Waals surface area (Å²) in [6.07, 6.45) is 1.80. The molecule has 1 aromatic carbocycles. The minimum Gasteiger partial charge on any atom is -0.399 e. The summed E-state index contributed by atoms with van der Waals surface area (Å²) >= 11 is 0. The van der Waals surface area contributed by atoms with Crippen molar-refractivity contribution in [2.75, 3.05) is 37.9 Å². The second-order valence-electron chi connectivity index (χ2n) is 5.15. The molecule has 0 bridgehead atoms. The first-order valence-corrected chi connectivity index (χ1v) is 6.53. The first-order chi connectivity index (χ1) is 9.04. The van der Waals surface area contributed by atoms with Gasteiger partial charge in [0.15, 0.2) is 0 Å². The van der Waals surface area contributed by atoms with Crippen LogP contribution in [0.3, 0.4) is 0 Å². The summed E-state index contributed by atoms with van der Waals surface area (Å²) in [6.45, 7) is 0.719. The number of amides is 1. The molecular formula is C14H21N3O2. The molecular weight excluding hydrogens is 242 g/mol. The van der Waals surface area contributed by atoms with Crippen molar-refractivity contribution in [2.45, 2.75) is 18.9 Å². The molecule has 1 aliphatic rings. The number of aliphatic hydroxyl groups excluding tert-OH is 1. The minimum absolute atomic E-state index is 0.0192. The van der Waals surface area contributed by atoms with E-state index in [4.69, 9.17) is 5.73 Å². The lowest BCUT2D eigenvalue weighted by Crippen LogP contribution is -2.38. The van der Waals surface area contributed by atoms with Crippen LogP contribution in [0, 0.1) is 0 Å². The smallest absolute Gasteiger partial charge is 0.256 e. The van der Waals surface area contributed by atoms with Gasteiger partial charge in [0.1, 0.15) is 0 Å². The fraction of sp³-hybridized carbons (Fsp3) is 0.500. The van der Waals surface area contributed by atoms with Gasteiger partial charge in [0, 0.05) is 32.0 Å². The zero-order chi connectivity index (χ0) is 14.0. The molecule has 1 fully saturated rings. The molecule has 0 aromatic heterocycles. The summed E-state index contributed by atoms with van der Waals surface area (Å²) in [5, 5.41) is 9.34. The number of nitrogens with two attached hydrogens (primary N) is 1. The Balaban J connectivity index is 2.35. The summed E-state index contributed by atoms with van der Waals surface area (Å²) in [6, 6.07) is 5.29. The highest BCUT2D eigenvalue weighted by atomic mass is 16.3. The molecule has 19 heavy (non-hydrogen) atoms. The number of likely N-dealkylation sites (tertiary alicyclic amines) is 1. The van der Waals surface area contributed by atoms with Crippen LogP contribution in [0.5, 0.6) is 0 Å². The number of nitrogens with zero attached hydrogens (tertiary/aromatic N) is 2. The molecule has 0 spiro atoms. The van der Waals surface area contributed by atoms with Gasteiger partial charge in [0.2, 0.25) is 0 Å². The van der Waals surface area contributed by atoms with Crippen molar-refractivity contribution in [1.29, 1.82) is 0 Å². The normalized spacial score (nSPS) is 18.7. The van der Waals surface area contributed by atoms with Crippen molar-refractivity contribution in [3.63, 3.8) is 0 Å². The predicted molar refractivity (Wildman–Crippen MR) is 76.3 cm³/mol. The highest BCUT2D eigenvalue weighted by Gasteiger charge is 2.30. The van der Waals surface area contributed by atoms with Gasteiger partial charge in [0.25, 0.3) is 5.91 Å². The van der Waals surface area contributed by atoms with Crippen LogP contribution >= 0.6 is 0 Å². The van der Waals surface area contributed by atoms with Crippen molar-refractivity contribution in [2.24, 2.45) is 0 Å². The molecule has 0 saturated carbocycles. The molecule has 1 amide bonds. The van der Waals surface area contributed by atoms with E-state index in [1.54, 1.807) is 17.0 Å². The third-order valence-electron chi connectivity index (χ3n) is 3.58. The number of carbonyl (C=O) groups excluding carboxylic acids is 1. The van der Waals surface area contributed by atoms with Gasteiger partial charge in [-0.2, -0.15) is 0 Å². The molecule has 3 N–H and O–H groups in total. The van der Waals surface area contributed by atoms with Crippen molar-refractivity contribution in [1.82, 2.24) is 4.90 Å². The predicted octanol–water partition coefficient (Wildman–Crippen LogP) is 0.932. The van der Waals surface area contributed by atoms with E-state index in [1.807, 2.05) is 25.1 Å². The maximum Gasteiger partial charge on any atom is 0.256 e. The number of nitrogen functional groups attached to an aromatic ring is 1. The topological polar surface area (TPSA) is 69.8 Å². The Kier molecular flexibility index (Phi) is 3.95. The maximum absolute atomic E-state index is 12.6. The van der Waals surface area contributed by atoms with E-state index in [0.717, 1.165) is 18.5 Å². The lowest BCUT2D eigenvalue weighted by atomic mass is 10.1. The molecule has 1 saturated heterocycles. The number of carbonyl (C=O) groups is 1. The molecule has 1 heterocycles. The van der Waals surface area contributed by atoms with Gasteiger partial charge >= 0.3 is 0 Å². The van der Waals surface area contributed by atoms with E-state index in [9.17, 15) is 9.90 Å². The van der Waals surface area contributed by atoms with Crippen LogP contribution in [0.25, 0.3) is 0 Å². The van der Waals surface area contributed by atoms with Crippen LogP contribution in [-0.2, 0) is 0 Å². The number of hydrogen-bond acceptors (Lipinski definition) is 4. The molecule has 5 heteroatoms. The van der Waals surface area contributed by atoms with Crippen molar-refractivity contribution < 1.29 is 9.90 Å². The van der Waals surface area contributed by atoms with Crippen molar-refractivity contribution in [3.05, 3.63) is 23.8 Å². The number of aliphatic hydroxyl groups is 1. The zero-order valence-electron chi connectivity index (χ0n) is 11.5. The van der Waals surface area contributed by atoms with Gasteiger partial charge in [-0.15, -0.1) is 0 Å². The third-order valence-corrected chi connectivity index (χ3v) is 3.58. The molecule has 5 nitrogen and oxygen atoms in total. The number of hydrogen-bond donors (Lipinski definition) is 2. The largest absolute Gasteiger partial charge is 0.399 e. The Morgan fingerprint density at radius 3 is 2.89 bits per heavy atom. The first kappa shape index (κ1) is 13.7. The van der Waals surface area contributed by atoms with Crippen LogP contribution in [0.15, 0.2) is 18.2 Å². The van der Waals surface area contributed by atoms with Gasteiger partial charge < -0.3 is 20.6 Å². The summed E-state index contributed by atoms with van der Waals surface area (Å²) in [4.78, 5) is 16.3. The Hall–Kier alpha value is -1.75. The van der Waals surface area contributed by atoms with E-state index < -0.39 is 0 Å². The standard InChI is InChI=1S/C14H21N3O2/c1-16(2)13-6-5-10(15)8-12(13)14(19)17-7-3-4-11(17)9-18/h5-6,8,11,18H,3-4,7,9,15H2,1-2H3/t11-/m1/s1. The average molecular weight is 263 g/mol. The first-order valence-electron chi connectivity index (χ1n) is 6.53. The summed E-state index contributed by atoms with van der Waals surface area (Å²) in [7, 11) is 3.80. The summed E-state index contributed by atoms with van der Waals surface area (Å²) in [5.41, 5.74) is 7.82. The van der Waals surface area contributed by atoms with E-state index in [1.165, 1.54) is 0 Å². The Labute approximate surface area is 113 Å². The third kappa shape index (κ3) is 2.66. The second kappa shape index (κ2) is 5.48. The summed E-state index contributed by atoms with van der Waals surface area (Å²) < 4.78 is 0. The van der Waals surface area contributed by atoms with Crippen molar-refractivity contribution in [3.8, 4) is 0 Å². The SMILES string of the molecule is CN(C)c1ccc(N)cc1C(=O)N1CCC[C@@H]1CO. The van der Waals surface area contributed by atoms with E-state index >= 15 is 0 Å². The molecule has 0 aliphatic carbocycles. The lowest BCUT2D eigenvalue weighted by molar-refractivity contribution is 0.0678. The Morgan fingerprint density at radius 2 is 2.26 bits per heavy atom. The van der Waals surface area contributed by atoms with Gasteiger partial charge in [-0.05, 0) is 31.0 Å². The molecule has 1 aromatic rings. The van der Waals surface area contributed by atoms with Gasteiger partial charge in [-0.3, -0.25) is 4.79 Å². The number of benzene rings is 1. The second-order valence-corrected chi connectivity index (χ2v) is 5.15. The highest BCUT2D eigenvalue weighted by molar-refractivity contribution is 6.01. The van der Waals surface area contributed by atoms with Crippen LogP contribution in [-0.4, -0.2) is 49.2 Å². The van der Waals surface area contributed by atoms with E-state index in [2.05, 4.69) is 0 Å². The lowest BCUT2D eigenvalue weighted by Gasteiger charge is -2.26. The fourth-order valence-electron chi connectivity index (χ4n) is 2.56. The Bertz CT molecular complexity index is 474.